The van der Waals surface area contributed by atoms with Gasteiger partial charge in [0.2, 0.25) is 5.95 Å². The molecule has 1 aromatic carbocycles. The Bertz CT molecular complexity index is 801. The van der Waals surface area contributed by atoms with Gasteiger partial charge in [-0.1, -0.05) is 12.1 Å². The summed E-state index contributed by atoms with van der Waals surface area (Å²) in [5, 5.41) is 8.18. The fraction of sp³-hybridized carbons (Fsp3) is 0.250. The van der Waals surface area contributed by atoms with Crippen molar-refractivity contribution in [1.29, 1.82) is 0 Å². The second-order valence-corrected chi connectivity index (χ2v) is 5.18. The van der Waals surface area contributed by atoms with Gasteiger partial charge in [-0.3, -0.25) is 0 Å². The van der Waals surface area contributed by atoms with Crippen LogP contribution in [0, 0.1) is 0 Å². The van der Waals surface area contributed by atoms with Gasteiger partial charge in [-0.25, -0.2) is 9.97 Å². The maximum Gasteiger partial charge on any atom is 0.246 e. The number of hydrogen-bond donors (Lipinski definition) is 0. The maximum absolute atomic E-state index is 5.25. The van der Waals surface area contributed by atoms with Gasteiger partial charge in [0.05, 0.1) is 25.5 Å². The summed E-state index contributed by atoms with van der Waals surface area (Å²) >= 11 is 0. The van der Waals surface area contributed by atoms with Gasteiger partial charge < -0.3 is 14.2 Å². The van der Waals surface area contributed by atoms with Crippen molar-refractivity contribution in [1.82, 2.24) is 24.7 Å². The number of aromatic nitrogens is 5. The first-order chi connectivity index (χ1) is 11.2. The first kappa shape index (κ1) is 15.0. The van der Waals surface area contributed by atoms with Gasteiger partial charge in [-0.05, 0) is 12.1 Å². The molecule has 7 heteroatoms. The van der Waals surface area contributed by atoms with Crippen LogP contribution in [0.3, 0.4) is 0 Å². The highest BCUT2D eigenvalue weighted by molar-refractivity contribution is 5.61. The van der Waals surface area contributed by atoms with Crippen molar-refractivity contribution < 1.29 is 4.74 Å². The van der Waals surface area contributed by atoms with Crippen LogP contribution in [0.15, 0.2) is 42.9 Å². The van der Waals surface area contributed by atoms with Gasteiger partial charge >= 0.3 is 0 Å². The summed E-state index contributed by atoms with van der Waals surface area (Å²) in [6.45, 7) is 0.604. The van der Waals surface area contributed by atoms with Crippen LogP contribution in [0.5, 0.6) is 5.75 Å². The molecule has 0 saturated carbocycles. The Labute approximate surface area is 134 Å². The van der Waals surface area contributed by atoms with Gasteiger partial charge in [0.15, 0.2) is 0 Å². The molecule has 0 fully saturated rings. The molecule has 0 atom stereocenters. The molecule has 0 spiro atoms. The van der Waals surface area contributed by atoms with Gasteiger partial charge in [0, 0.05) is 32.1 Å². The molecule has 118 valence electrons. The molecule has 2 aromatic heterocycles. The van der Waals surface area contributed by atoms with E-state index in [2.05, 4.69) is 20.2 Å². The predicted octanol–water partition coefficient (Wildman–Crippen LogP) is 1.92. The highest BCUT2D eigenvalue weighted by Crippen LogP contribution is 2.22. The zero-order valence-electron chi connectivity index (χ0n) is 13.3. The number of anilines is 1. The second kappa shape index (κ2) is 6.43. The van der Waals surface area contributed by atoms with E-state index in [0.717, 1.165) is 22.8 Å². The zero-order valence-corrected chi connectivity index (χ0v) is 13.3. The molecule has 0 aliphatic heterocycles. The highest BCUT2D eigenvalue weighted by Gasteiger charge is 2.11. The molecule has 0 aliphatic carbocycles. The van der Waals surface area contributed by atoms with Gasteiger partial charge in [0.1, 0.15) is 11.6 Å². The second-order valence-electron chi connectivity index (χ2n) is 5.18. The Kier molecular flexibility index (Phi) is 4.18. The van der Waals surface area contributed by atoms with Crippen molar-refractivity contribution in [2.75, 3.05) is 19.1 Å². The number of nitrogens with zero attached hydrogens (tertiary/aromatic N) is 6. The summed E-state index contributed by atoms with van der Waals surface area (Å²) in [5.74, 6) is 2.26. The summed E-state index contributed by atoms with van der Waals surface area (Å²) in [4.78, 5) is 10.8. The normalized spacial score (nSPS) is 10.6. The van der Waals surface area contributed by atoms with Crippen molar-refractivity contribution in [3.05, 3.63) is 48.7 Å². The predicted molar refractivity (Wildman–Crippen MR) is 87.1 cm³/mol. The third-order valence-corrected chi connectivity index (χ3v) is 3.55. The van der Waals surface area contributed by atoms with Crippen molar-refractivity contribution in [2.45, 2.75) is 6.54 Å². The van der Waals surface area contributed by atoms with Crippen LogP contribution in [0.1, 0.15) is 5.82 Å². The van der Waals surface area contributed by atoms with Gasteiger partial charge in [-0.15, -0.1) is 5.10 Å². The van der Waals surface area contributed by atoms with Crippen LogP contribution in [0.25, 0.3) is 11.3 Å². The fourth-order valence-electron chi connectivity index (χ4n) is 2.21. The zero-order chi connectivity index (χ0) is 16.2. The molecular weight excluding hydrogens is 292 g/mol. The average Bonchev–Trinajstić information content (AvgIpc) is 3.00. The number of rotatable bonds is 5. The summed E-state index contributed by atoms with van der Waals surface area (Å²) < 4.78 is 7.22. The number of methoxy groups -OCH3 is 1. The molecule has 0 radical (unpaired) electrons. The molecule has 2 heterocycles. The lowest BCUT2D eigenvalue weighted by atomic mass is 10.1. The molecule has 23 heavy (non-hydrogen) atoms. The summed E-state index contributed by atoms with van der Waals surface area (Å²) in [6, 6.07) is 7.71. The minimum atomic E-state index is 0.549. The lowest BCUT2D eigenvalue weighted by molar-refractivity contribution is 0.415. The van der Waals surface area contributed by atoms with E-state index in [-0.39, 0.29) is 0 Å². The van der Waals surface area contributed by atoms with E-state index in [1.54, 1.807) is 19.5 Å². The van der Waals surface area contributed by atoms with E-state index in [1.807, 2.05) is 54.0 Å². The van der Waals surface area contributed by atoms with Crippen molar-refractivity contribution in [3.8, 4) is 17.0 Å². The number of benzene rings is 1. The first-order valence-electron chi connectivity index (χ1n) is 7.19. The molecule has 0 aliphatic rings. The Morgan fingerprint density at radius 3 is 2.91 bits per heavy atom. The molecule has 0 N–H and O–H groups in total. The van der Waals surface area contributed by atoms with Crippen LogP contribution in [0.4, 0.5) is 5.95 Å². The fourth-order valence-corrected chi connectivity index (χ4v) is 2.21. The first-order valence-corrected chi connectivity index (χ1v) is 7.19. The van der Waals surface area contributed by atoms with Gasteiger partial charge in [0.25, 0.3) is 0 Å². The lowest BCUT2D eigenvalue weighted by Crippen LogP contribution is -2.21. The van der Waals surface area contributed by atoms with Crippen molar-refractivity contribution in [2.24, 2.45) is 7.05 Å². The third-order valence-electron chi connectivity index (χ3n) is 3.55. The third kappa shape index (κ3) is 3.28. The standard InChI is InChI=1S/C16H18N6O/c1-21-8-7-17-15(21)11-22(2)16-19-14(10-18-20-16)12-5-4-6-13(9-12)23-3/h4-10H,11H2,1-3H3. The molecule has 3 aromatic rings. The molecule has 3 rings (SSSR count). The molecule has 0 saturated heterocycles. The topological polar surface area (TPSA) is 69.0 Å². The molecule has 7 nitrogen and oxygen atoms in total. The van der Waals surface area contributed by atoms with E-state index in [1.165, 1.54) is 0 Å². The minimum Gasteiger partial charge on any atom is -0.497 e. The van der Waals surface area contributed by atoms with Gasteiger partial charge in [-0.2, -0.15) is 5.10 Å². The largest absolute Gasteiger partial charge is 0.497 e. The monoisotopic (exact) mass is 310 g/mol. The summed E-state index contributed by atoms with van der Waals surface area (Å²) in [6.07, 6.45) is 5.33. The van der Waals surface area contributed by atoms with E-state index in [0.29, 0.717) is 12.5 Å². The minimum absolute atomic E-state index is 0.549. The molecule has 0 bridgehead atoms. The number of ether oxygens (including phenoxy) is 1. The van der Waals surface area contributed by atoms with E-state index < -0.39 is 0 Å². The lowest BCUT2D eigenvalue weighted by Gasteiger charge is -2.16. The van der Waals surface area contributed by atoms with E-state index in [4.69, 9.17) is 4.74 Å². The number of imidazole rings is 1. The molecule has 0 unspecified atom stereocenters. The quantitative estimate of drug-likeness (QED) is 0.717. The van der Waals surface area contributed by atoms with Crippen LogP contribution in [-0.2, 0) is 13.6 Å². The van der Waals surface area contributed by atoms with Crippen LogP contribution < -0.4 is 9.64 Å². The van der Waals surface area contributed by atoms with Crippen molar-refractivity contribution >= 4 is 5.95 Å². The average molecular weight is 310 g/mol. The maximum atomic E-state index is 5.25. The Morgan fingerprint density at radius 2 is 2.17 bits per heavy atom. The summed E-state index contributed by atoms with van der Waals surface area (Å²) in [7, 11) is 5.52. The SMILES string of the molecule is COc1cccc(-c2cnnc(N(C)Cc3nccn3C)n2)c1. The Balaban J connectivity index is 1.85. The molecular formula is C16H18N6O. The van der Waals surface area contributed by atoms with Crippen molar-refractivity contribution in [3.63, 3.8) is 0 Å². The molecule has 0 amide bonds. The Morgan fingerprint density at radius 1 is 1.30 bits per heavy atom. The van der Waals surface area contributed by atoms with E-state index >= 15 is 0 Å². The Hall–Kier alpha value is -2.96. The van der Waals surface area contributed by atoms with Crippen LogP contribution in [0.2, 0.25) is 0 Å². The van der Waals surface area contributed by atoms with E-state index in [9.17, 15) is 0 Å². The van der Waals surface area contributed by atoms with Crippen LogP contribution in [-0.4, -0.2) is 38.9 Å². The smallest absolute Gasteiger partial charge is 0.246 e. The number of hydrogen-bond acceptors (Lipinski definition) is 6. The summed E-state index contributed by atoms with van der Waals surface area (Å²) in [5.41, 5.74) is 1.69. The number of aryl methyl sites for hydroxylation is 1. The highest BCUT2D eigenvalue weighted by atomic mass is 16.5. The van der Waals surface area contributed by atoms with Crippen LogP contribution >= 0.6 is 0 Å².